The molecule has 0 bridgehead atoms. The largest absolute Gasteiger partial charge is 0.466 e. The van der Waals surface area contributed by atoms with Gasteiger partial charge in [0, 0.05) is 12.8 Å². The minimum atomic E-state index is -0.669. The van der Waals surface area contributed by atoms with Crippen LogP contribution in [0.5, 0.6) is 0 Å². The predicted octanol–water partition coefficient (Wildman–Crippen LogP) is 21.2. The van der Waals surface area contributed by atoms with E-state index in [0.717, 1.165) is 38.5 Å². The minimum absolute atomic E-state index is 0.0107. The molecular weight excluding hydrogens is 899 g/mol. The molecule has 0 saturated carbocycles. The second-order valence-electron chi connectivity index (χ2n) is 23.2. The van der Waals surface area contributed by atoms with Crippen LogP contribution >= 0.6 is 0 Å². The highest BCUT2D eigenvalue weighted by atomic mass is 16.5. The number of unbranched alkanes of at least 4 members (excludes halogenated alkanes) is 50. The summed E-state index contributed by atoms with van der Waals surface area (Å²) in [7, 11) is 0. The number of carbonyl (C=O) groups excluding carboxylic acids is 2. The van der Waals surface area contributed by atoms with E-state index >= 15 is 0 Å². The number of allylic oxidation sites excluding steroid dienone is 2. The lowest BCUT2D eigenvalue weighted by molar-refractivity contribution is -0.143. The Morgan fingerprint density at radius 1 is 0.370 bits per heavy atom. The maximum Gasteiger partial charge on any atom is 0.305 e. The average molecular weight is 1030 g/mol. The summed E-state index contributed by atoms with van der Waals surface area (Å²) in [6, 6.07) is -0.547. The highest BCUT2D eigenvalue weighted by molar-refractivity contribution is 5.76. The van der Waals surface area contributed by atoms with Gasteiger partial charge in [-0.05, 0) is 51.4 Å². The van der Waals surface area contributed by atoms with Gasteiger partial charge in [0.15, 0.2) is 0 Å². The second-order valence-corrected chi connectivity index (χ2v) is 23.2. The molecule has 6 heteroatoms. The summed E-state index contributed by atoms with van der Waals surface area (Å²) in [5, 5.41) is 23.4. The summed E-state index contributed by atoms with van der Waals surface area (Å²) in [4.78, 5) is 24.5. The van der Waals surface area contributed by atoms with Crippen molar-refractivity contribution in [3.63, 3.8) is 0 Å². The number of nitrogens with one attached hydrogen (secondary N) is 1. The van der Waals surface area contributed by atoms with Gasteiger partial charge in [-0.2, -0.15) is 0 Å². The number of amides is 1. The van der Waals surface area contributed by atoms with Gasteiger partial charge in [-0.3, -0.25) is 9.59 Å². The van der Waals surface area contributed by atoms with Gasteiger partial charge in [-0.1, -0.05) is 328 Å². The van der Waals surface area contributed by atoms with E-state index in [4.69, 9.17) is 4.74 Å². The van der Waals surface area contributed by atoms with Gasteiger partial charge < -0.3 is 20.3 Å². The summed E-state index contributed by atoms with van der Waals surface area (Å²) in [6.07, 6.45) is 76.7. The van der Waals surface area contributed by atoms with Crippen LogP contribution in [0.25, 0.3) is 0 Å². The van der Waals surface area contributed by atoms with Crippen molar-refractivity contribution in [3.8, 4) is 0 Å². The van der Waals surface area contributed by atoms with Gasteiger partial charge in [0.1, 0.15) is 0 Å². The van der Waals surface area contributed by atoms with E-state index in [1.807, 2.05) is 0 Å². The van der Waals surface area contributed by atoms with E-state index in [1.54, 1.807) is 0 Å². The quantitative estimate of drug-likeness (QED) is 0.0320. The van der Waals surface area contributed by atoms with E-state index in [9.17, 15) is 19.8 Å². The third-order valence-corrected chi connectivity index (χ3v) is 15.8. The average Bonchev–Trinajstić information content (AvgIpc) is 3.39. The van der Waals surface area contributed by atoms with Gasteiger partial charge in [-0.25, -0.2) is 0 Å². The number of hydrogen-bond donors (Lipinski definition) is 3. The standard InChI is InChI=1S/C67H131NO5/c1-3-5-7-9-11-13-15-16-17-18-19-20-21-24-27-30-33-36-40-43-47-51-55-59-65(70)64(63-69)68-66(71)60-56-52-48-44-41-37-34-31-28-25-22-23-26-29-32-35-38-42-46-50-54-58-62-73-67(72)61-57-53-49-45-39-14-12-10-8-6-4-2/h25,28,64-65,69-70H,3-24,26-27,29-63H2,1-2H3,(H,68,71)/b28-25-. The molecule has 434 valence electrons. The minimum Gasteiger partial charge on any atom is -0.466 e. The van der Waals surface area contributed by atoms with E-state index in [2.05, 4.69) is 31.3 Å². The summed E-state index contributed by atoms with van der Waals surface area (Å²) >= 11 is 0. The number of esters is 1. The normalized spacial score (nSPS) is 12.5. The van der Waals surface area contributed by atoms with Crippen LogP contribution in [0.4, 0.5) is 0 Å². The number of carbonyl (C=O) groups is 2. The summed E-state index contributed by atoms with van der Waals surface area (Å²) in [5.41, 5.74) is 0. The Labute approximate surface area is 457 Å². The molecular formula is C67H131NO5. The molecule has 0 saturated heterocycles. The summed E-state index contributed by atoms with van der Waals surface area (Å²) < 4.78 is 5.47. The molecule has 0 spiro atoms. The van der Waals surface area contributed by atoms with Crippen LogP contribution in [0.3, 0.4) is 0 Å². The molecule has 3 N–H and O–H groups in total. The van der Waals surface area contributed by atoms with Crippen molar-refractivity contribution in [2.45, 2.75) is 392 Å². The Morgan fingerprint density at radius 3 is 0.973 bits per heavy atom. The van der Waals surface area contributed by atoms with E-state index in [1.165, 1.54) is 308 Å². The molecule has 0 heterocycles. The second kappa shape index (κ2) is 63.1. The SMILES string of the molecule is CCCCCCCCCCCCCCCCCCCCCCCCCC(O)C(CO)NC(=O)CCCCCCCCC/C=C\CCCCCCCCCCCCCOC(=O)CCCCCCCCCCCCC. The van der Waals surface area contributed by atoms with Gasteiger partial charge in [0.2, 0.25) is 5.91 Å². The number of aliphatic hydroxyl groups excluding tert-OH is 2. The van der Waals surface area contributed by atoms with Crippen LogP contribution in [0, 0.1) is 0 Å². The number of rotatable bonds is 63. The lowest BCUT2D eigenvalue weighted by atomic mass is 10.0. The van der Waals surface area contributed by atoms with Crippen LogP contribution < -0.4 is 5.32 Å². The van der Waals surface area contributed by atoms with Crippen LogP contribution in [0.15, 0.2) is 12.2 Å². The maximum atomic E-state index is 12.5. The summed E-state index contributed by atoms with van der Waals surface area (Å²) in [6.45, 7) is 4.98. The number of aliphatic hydroxyl groups is 2. The zero-order valence-corrected chi connectivity index (χ0v) is 49.6. The lowest BCUT2D eigenvalue weighted by Gasteiger charge is -2.22. The third kappa shape index (κ3) is 59.7. The van der Waals surface area contributed by atoms with Gasteiger partial charge >= 0.3 is 5.97 Å². The first-order chi connectivity index (χ1) is 36.0. The fraction of sp³-hybridized carbons (Fsp3) is 0.940. The molecule has 73 heavy (non-hydrogen) atoms. The Hall–Kier alpha value is -1.40. The highest BCUT2D eigenvalue weighted by Crippen LogP contribution is 2.19. The number of ether oxygens (including phenoxy) is 1. The fourth-order valence-electron chi connectivity index (χ4n) is 10.7. The fourth-order valence-corrected chi connectivity index (χ4v) is 10.7. The molecule has 0 aromatic rings. The molecule has 0 aromatic carbocycles. The first-order valence-corrected chi connectivity index (χ1v) is 33.4. The monoisotopic (exact) mass is 1030 g/mol. The van der Waals surface area contributed by atoms with Crippen molar-refractivity contribution in [1.82, 2.24) is 5.32 Å². The highest BCUT2D eigenvalue weighted by Gasteiger charge is 2.20. The molecule has 0 rings (SSSR count). The number of hydrogen-bond acceptors (Lipinski definition) is 5. The van der Waals surface area contributed by atoms with Crippen molar-refractivity contribution in [2.75, 3.05) is 13.2 Å². The van der Waals surface area contributed by atoms with Crippen molar-refractivity contribution in [2.24, 2.45) is 0 Å². The van der Waals surface area contributed by atoms with Crippen LogP contribution in [-0.2, 0) is 14.3 Å². The first-order valence-electron chi connectivity index (χ1n) is 33.4. The van der Waals surface area contributed by atoms with Gasteiger partial charge in [-0.15, -0.1) is 0 Å². The lowest BCUT2D eigenvalue weighted by Crippen LogP contribution is -2.45. The zero-order valence-electron chi connectivity index (χ0n) is 49.6. The van der Waals surface area contributed by atoms with Crippen molar-refractivity contribution < 1.29 is 24.5 Å². The van der Waals surface area contributed by atoms with Crippen LogP contribution in [0.1, 0.15) is 380 Å². The topological polar surface area (TPSA) is 95.9 Å². The maximum absolute atomic E-state index is 12.5. The third-order valence-electron chi connectivity index (χ3n) is 15.8. The molecule has 1 amide bonds. The molecule has 2 atom stereocenters. The molecule has 2 unspecified atom stereocenters. The van der Waals surface area contributed by atoms with Crippen molar-refractivity contribution in [3.05, 3.63) is 12.2 Å². The zero-order chi connectivity index (χ0) is 52.9. The smallest absolute Gasteiger partial charge is 0.305 e. The van der Waals surface area contributed by atoms with E-state index < -0.39 is 12.1 Å². The molecule has 0 aliphatic carbocycles. The first kappa shape index (κ1) is 71.6. The molecule has 0 aliphatic rings. The molecule has 0 fully saturated rings. The molecule has 0 radical (unpaired) electrons. The van der Waals surface area contributed by atoms with Crippen molar-refractivity contribution in [1.29, 1.82) is 0 Å². The van der Waals surface area contributed by atoms with Crippen LogP contribution in [0.2, 0.25) is 0 Å². The Balaban J connectivity index is 3.42. The van der Waals surface area contributed by atoms with Crippen molar-refractivity contribution >= 4 is 11.9 Å². The molecule has 6 nitrogen and oxygen atoms in total. The Morgan fingerprint density at radius 2 is 0.644 bits per heavy atom. The van der Waals surface area contributed by atoms with E-state index in [0.29, 0.717) is 25.9 Å². The molecule has 0 aromatic heterocycles. The van der Waals surface area contributed by atoms with Gasteiger partial charge in [0.05, 0.1) is 25.4 Å². The summed E-state index contributed by atoms with van der Waals surface area (Å²) in [5.74, 6) is -0.0266. The van der Waals surface area contributed by atoms with E-state index in [-0.39, 0.29) is 18.5 Å². The Kier molecular flexibility index (Phi) is 61.9. The van der Waals surface area contributed by atoms with Gasteiger partial charge in [0.25, 0.3) is 0 Å². The predicted molar refractivity (Wildman–Crippen MR) is 320 cm³/mol. The van der Waals surface area contributed by atoms with Crippen LogP contribution in [-0.4, -0.2) is 47.4 Å². The molecule has 0 aliphatic heterocycles. The Bertz CT molecular complexity index is 1100.